The lowest BCUT2D eigenvalue weighted by Crippen LogP contribution is -2.46. The topological polar surface area (TPSA) is 102 Å². The Morgan fingerprint density at radius 1 is 1.46 bits per heavy atom. The number of nitrogens with one attached hydrogen (secondary N) is 2. The number of likely N-dealkylation sites (N-methyl/N-ethyl adjacent to an activating group) is 1. The van der Waals surface area contributed by atoms with E-state index < -0.39 is 30.2 Å². The Morgan fingerprint density at radius 2 is 2.08 bits per heavy atom. The first-order chi connectivity index (χ1) is 6.11. The first kappa shape index (κ1) is 10.4. The minimum Gasteiger partial charge on any atom is -0.395 e. The zero-order valence-electron chi connectivity index (χ0n) is 7.27. The van der Waals surface area contributed by atoms with Gasteiger partial charge < -0.3 is 20.6 Å². The van der Waals surface area contributed by atoms with E-state index in [1.54, 1.807) is 0 Å². The van der Waals surface area contributed by atoms with E-state index in [2.05, 4.69) is 10.6 Å². The van der Waals surface area contributed by atoms with Crippen LogP contribution >= 0.6 is 0 Å². The second-order valence-electron chi connectivity index (χ2n) is 3.03. The van der Waals surface area contributed by atoms with E-state index in [-0.39, 0.29) is 6.61 Å². The Morgan fingerprint density at radius 3 is 2.46 bits per heavy atom. The molecule has 0 aromatic heterocycles. The molecule has 4 atom stereocenters. The molecule has 1 fully saturated rings. The lowest BCUT2D eigenvalue weighted by Gasteiger charge is -2.13. The van der Waals surface area contributed by atoms with Gasteiger partial charge in [0, 0.05) is 7.05 Å². The van der Waals surface area contributed by atoms with Gasteiger partial charge in [-0.1, -0.05) is 0 Å². The van der Waals surface area contributed by atoms with E-state index in [9.17, 15) is 15.0 Å². The number of hydrogen-bond donors (Lipinski definition) is 5. The Hall–Kier alpha value is -0.690. The third-order valence-electron chi connectivity index (χ3n) is 2.22. The molecule has 1 heterocycles. The minimum atomic E-state index is -1.17. The van der Waals surface area contributed by atoms with Crippen molar-refractivity contribution < 1.29 is 20.1 Å². The van der Waals surface area contributed by atoms with Gasteiger partial charge in [-0.05, 0) is 0 Å². The number of rotatable bonds is 2. The van der Waals surface area contributed by atoms with Crippen molar-refractivity contribution in [2.75, 3.05) is 13.7 Å². The van der Waals surface area contributed by atoms with Crippen molar-refractivity contribution in [2.24, 2.45) is 0 Å². The summed E-state index contributed by atoms with van der Waals surface area (Å²) in [5.41, 5.74) is 0. The summed E-state index contributed by atoms with van der Waals surface area (Å²) < 4.78 is 0. The first-order valence-corrected chi connectivity index (χ1v) is 4.06. The SMILES string of the molecule is CNC(=O)C1NC(CO)C(O)C1O. The lowest BCUT2D eigenvalue weighted by molar-refractivity contribution is -0.125. The summed E-state index contributed by atoms with van der Waals surface area (Å²) in [6.07, 6.45) is -2.27. The molecule has 1 rings (SSSR count). The normalized spacial score (nSPS) is 39.1. The molecule has 1 aliphatic heterocycles. The molecule has 5 N–H and O–H groups in total. The van der Waals surface area contributed by atoms with Gasteiger partial charge >= 0.3 is 0 Å². The lowest BCUT2D eigenvalue weighted by atomic mass is 10.1. The van der Waals surface area contributed by atoms with Crippen LogP contribution in [0.3, 0.4) is 0 Å². The van der Waals surface area contributed by atoms with Gasteiger partial charge in [0.25, 0.3) is 0 Å². The molecule has 0 bridgehead atoms. The maximum atomic E-state index is 11.1. The molecule has 0 aromatic carbocycles. The van der Waals surface area contributed by atoms with Crippen LogP contribution in [0.2, 0.25) is 0 Å². The first-order valence-electron chi connectivity index (χ1n) is 4.06. The summed E-state index contributed by atoms with van der Waals surface area (Å²) in [4.78, 5) is 11.1. The van der Waals surface area contributed by atoms with Crippen molar-refractivity contribution in [3.8, 4) is 0 Å². The second kappa shape index (κ2) is 4.01. The molecule has 6 heteroatoms. The van der Waals surface area contributed by atoms with Gasteiger partial charge in [0.2, 0.25) is 5.91 Å². The highest BCUT2D eigenvalue weighted by Gasteiger charge is 2.43. The maximum Gasteiger partial charge on any atom is 0.239 e. The van der Waals surface area contributed by atoms with E-state index in [4.69, 9.17) is 5.11 Å². The van der Waals surface area contributed by atoms with Gasteiger partial charge in [0.05, 0.1) is 18.8 Å². The van der Waals surface area contributed by atoms with Crippen molar-refractivity contribution in [3.05, 3.63) is 0 Å². The number of aliphatic hydroxyl groups excluding tert-OH is 3. The van der Waals surface area contributed by atoms with Crippen molar-refractivity contribution in [1.82, 2.24) is 10.6 Å². The average Bonchev–Trinajstić information content (AvgIpc) is 2.43. The van der Waals surface area contributed by atoms with E-state index >= 15 is 0 Å². The van der Waals surface area contributed by atoms with Gasteiger partial charge in [-0.25, -0.2) is 0 Å². The van der Waals surface area contributed by atoms with Crippen molar-refractivity contribution in [1.29, 1.82) is 0 Å². The zero-order valence-corrected chi connectivity index (χ0v) is 7.27. The largest absolute Gasteiger partial charge is 0.395 e. The molecular formula is C7H14N2O4. The summed E-state index contributed by atoms with van der Waals surface area (Å²) >= 11 is 0. The standard InChI is InChI=1S/C7H14N2O4/c1-8-7(13)4-6(12)5(11)3(2-10)9-4/h3-6,9-12H,2H2,1H3,(H,8,13). The molecule has 0 aromatic rings. The highest BCUT2D eigenvalue weighted by Crippen LogP contribution is 2.14. The summed E-state index contributed by atoms with van der Waals surface area (Å²) in [7, 11) is 1.44. The molecule has 6 nitrogen and oxygen atoms in total. The molecule has 0 spiro atoms. The van der Waals surface area contributed by atoms with Crippen LogP contribution in [0.15, 0.2) is 0 Å². The fourth-order valence-electron chi connectivity index (χ4n) is 1.41. The monoisotopic (exact) mass is 190 g/mol. The van der Waals surface area contributed by atoms with Crippen LogP contribution < -0.4 is 10.6 Å². The van der Waals surface area contributed by atoms with Crippen LogP contribution in [-0.4, -0.2) is 59.2 Å². The number of carbonyl (C=O) groups is 1. The Balaban J connectivity index is 2.65. The molecule has 0 radical (unpaired) electrons. The highest BCUT2D eigenvalue weighted by atomic mass is 16.3. The molecule has 0 aliphatic carbocycles. The Bertz CT molecular complexity index is 199. The number of hydrogen-bond acceptors (Lipinski definition) is 5. The molecule has 1 amide bonds. The number of carbonyl (C=O) groups excluding carboxylic acids is 1. The van der Waals surface area contributed by atoms with E-state index in [1.165, 1.54) is 7.05 Å². The molecule has 1 saturated heterocycles. The molecular weight excluding hydrogens is 176 g/mol. The zero-order chi connectivity index (χ0) is 10.0. The van der Waals surface area contributed by atoms with Crippen LogP contribution in [0.25, 0.3) is 0 Å². The average molecular weight is 190 g/mol. The molecule has 4 unspecified atom stereocenters. The van der Waals surface area contributed by atoms with Gasteiger partial charge in [-0.15, -0.1) is 0 Å². The van der Waals surface area contributed by atoms with Gasteiger partial charge in [-0.3, -0.25) is 10.1 Å². The fourth-order valence-corrected chi connectivity index (χ4v) is 1.41. The molecule has 0 saturated carbocycles. The summed E-state index contributed by atoms with van der Waals surface area (Å²) in [5, 5.41) is 32.4. The third-order valence-corrected chi connectivity index (χ3v) is 2.22. The number of amides is 1. The Labute approximate surface area is 75.6 Å². The highest BCUT2D eigenvalue weighted by molar-refractivity contribution is 5.82. The van der Waals surface area contributed by atoms with E-state index in [0.29, 0.717) is 0 Å². The van der Waals surface area contributed by atoms with Crippen molar-refractivity contribution in [3.63, 3.8) is 0 Å². The third kappa shape index (κ3) is 1.80. The summed E-state index contributed by atoms with van der Waals surface area (Å²) in [6.45, 7) is -0.314. The summed E-state index contributed by atoms with van der Waals surface area (Å²) in [5.74, 6) is -0.400. The summed E-state index contributed by atoms with van der Waals surface area (Å²) in [6, 6.07) is -1.49. The molecule has 76 valence electrons. The smallest absolute Gasteiger partial charge is 0.239 e. The minimum absolute atomic E-state index is 0.314. The molecule has 1 aliphatic rings. The van der Waals surface area contributed by atoms with Crippen LogP contribution in [0.1, 0.15) is 0 Å². The van der Waals surface area contributed by atoms with Crippen LogP contribution in [-0.2, 0) is 4.79 Å². The Kier molecular flexibility index (Phi) is 3.21. The van der Waals surface area contributed by atoms with Gasteiger partial charge in [0.1, 0.15) is 12.1 Å². The van der Waals surface area contributed by atoms with Gasteiger partial charge in [-0.2, -0.15) is 0 Å². The van der Waals surface area contributed by atoms with E-state index in [0.717, 1.165) is 0 Å². The predicted molar refractivity (Wildman–Crippen MR) is 43.9 cm³/mol. The predicted octanol–water partition coefficient (Wildman–Crippen LogP) is -3.21. The van der Waals surface area contributed by atoms with Crippen LogP contribution in [0.4, 0.5) is 0 Å². The molecule has 13 heavy (non-hydrogen) atoms. The number of aliphatic hydroxyl groups is 3. The van der Waals surface area contributed by atoms with Gasteiger partial charge in [0.15, 0.2) is 0 Å². The van der Waals surface area contributed by atoms with E-state index in [1.807, 2.05) is 0 Å². The van der Waals surface area contributed by atoms with Crippen LogP contribution in [0.5, 0.6) is 0 Å². The second-order valence-corrected chi connectivity index (χ2v) is 3.03. The van der Waals surface area contributed by atoms with Crippen molar-refractivity contribution in [2.45, 2.75) is 24.3 Å². The van der Waals surface area contributed by atoms with Crippen LogP contribution in [0, 0.1) is 0 Å². The quantitative estimate of drug-likeness (QED) is 0.315. The fraction of sp³-hybridized carbons (Fsp3) is 0.857. The van der Waals surface area contributed by atoms with Crippen molar-refractivity contribution >= 4 is 5.91 Å². The maximum absolute atomic E-state index is 11.1.